The van der Waals surface area contributed by atoms with Gasteiger partial charge in [0.25, 0.3) is 0 Å². The highest BCUT2D eigenvalue weighted by molar-refractivity contribution is 9.10. The van der Waals surface area contributed by atoms with Gasteiger partial charge < -0.3 is 19.5 Å². The van der Waals surface area contributed by atoms with Crippen LogP contribution in [0.15, 0.2) is 9.21 Å². The molecule has 0 unspecified atom stereocenters. The van der Waals surface area contributed by atoms with Crippen molar-refractivity contribution in [2.45, 2.75) is 53.3 Å². The number of nitrogens with one attached hydrogen (secondary N) is 1. The molecule has 0 saturated carbocycles. The Morgan fingerprint density at radius 3 is 2.09 bits per heavy atom. The number of hydrogen-bond donors (Lipinski definition) is 1. The number of hydrogen-bond acceptors (Lipinski definition) is 9. The Balaban J connectivity index is 0.000000211. The standard InChI is InChI=1S/C13H18BrN3O4.C8H10BrN3O2/c1-5-20-11(18)8-9(14)15-17-7-6-16(10(8)17)12(19)21-13(2,3)4;1-2-14-8(13)5-6(9)11-12-4-3-10-7(5)12/h5-7H2,1-4H3;10H,2-4H2,1H3. The van der Waals surface area contributed by atoms with E-state index in [2.05, 4.69) is 47.4 Å². The van der Waals surface area contributed by atoms with E-state index < -0.39 is 17.7 Å². The van der Waals surface area contributed by atoms with Crippen molar-refractivity contribution in [3.8, 4) is 0 Å². The lowest BCUT2D eigenvalue weighted by atomic mass is 10.2. The number of aromatic nitrogens is 4. The zero-order valence-electron chi connectivity index (χ0n) is 20.2. The first-order chi connectivity index (χ1) is 16.5. The minimum Gasteiger partial charge on any atom is -0.462 e. The van der Waals surface area contributed by atoms with E-state index in [9.17, 15) is 14.4 Å². The van der Waals surface area contributed by atoms with Crippen LogP contribution < -0.4 is 10.2 Å². The van der Waals surface area contributed by atoms with E-state index in [1.807, 2.05) is 0 Å². The van der Waals surface area contributed by atoms with Crippen LogP contribution in [0, 0.1) is 0 Å². The molecule has 4 heterocycles. The molecule has 0 bridgehead atoms. The maximum atomic E-state index is 12.3. The largest absolute Gasteiger partial charge is 0.462 e. The molecule has 2 aliphatic heterocycles. The van der Waals surface area contributed by atoms with Crippen molar-refractivity contribution in [2.75, 3.05) is 36.5 Å². The van der Waals surface area contributed by atoms with Crippen LogP contribution in [0.5, 0.6) is 0 Å². The Labute approximate surface area is 219 Å². The summed E-state index contributed by atoms with van der Waals surface area (Å²) < 4.78 is 19.6. The van der Waals surface area contributed by atoms with Gasteiger partial charge in [-0.1, -0.05) is 0 Å². The molecule has 0 aliphatic carbocycles. The van der Waals surface area contributed by atoms with Gasteiger partial charge in [0.2, 0.25) is 0 Å². The highest BCUT2D eigenvalue weighted by Gasteiger charge is 2.36. The average molecular weight is 620 g/mol. The summed E-state index contributed by atoms with van der Waals surface area (Å²) in [7, 11) is 0. The molecule has 4 rings (SSSR count). The summed E-state index contributed by atoms with van der Waals surface area (Å²) in [6.45, 7) is 12.0. The van der Waals surface area contributed by atoms with E-state index in [-0.39, 0.29) is 18.1 Å². The van der Waals surface area contributed by atoms with Crippen LogP contribution in [0.25, 0.3) is 0 Å². The minimum atomic E-state index is -0.605. The second-order valence-corrected chi connectivity index (χ2v) is 9.95. The fraction of sp³-hybridized carbons (Fsp3) is 0.571. The van der Waals surface area contributed by atoms with Gasteiger partial charge in [0.15, 0.2) is 5.82 Å². The lowest BCUT2D eigenvalue weighted by Gasteiger charge is -2.24. The quantitative estimate of drug-likeness (QED) is 0.401. The predicted molar refractivity (Wildman–Crippen MR) is 134 cm³/mol. The van der Waals surface area contributed by atoms with Crippen LogP contribution in [0.2, 0.25) is 0 Å². The third-order valence-corrected chi connectivity index (χ3v) is 5.88. The third-order valence-electron chi connectivity index (χ3n) is 4.77. The molecule has 192 valence electrons. The van der Waals surface area contributed by atoms with Crippen LogP contribution in [0.4, 0.5) is 16.4 Å². The predicted octanol–water partition coefficient (Wildman–Crippen LogP) is 3.83. The topological polar surface area (TPSA) is 130 Å². The van der Waals surface area contributed by atoms with Crippen molar-refractivity contribution >= 4 is 61.5 Å². The van der Waals surface area contributed by atoms with Gasteiger partial charge in [-0.05, 0) is 66.5 Å². The first kappa shape index (κ1) is 27.0. The Hall–Kier alpha value is -2.61. The number of halogens is 2. The summed E-state index contributed by atoms with van der Waals surface area (Å²) >= 11 is 6.48. The lowest BCUT2D eigenvalue weighted by molar-refractivity contribution is 0.0515. The molecule has 14 heteroatoms. The number of anilines is 2. The molecule has 0 fully saturated rings. The monoisotopic (exact) mass is 618 g/mol. The molecule has 35 heavy (non-hydrogen) atoms. The first-order valence-electron chi connectivity index (χ1n) is 11.1. The number of amides is 1. The molecule has 2 aromatic heterocycles. The second kappa shape index (κ2) is 11.0. The van der Waals surface area contributed by atoms with Gasteiger partial charge in [-0.3, -0.25) is 4.90 Å². The molecule has 0 saturated heterocycles. The number of carbonyl (C=O) groups excluding carboxylic acids is 3. The van der Waals surface area contributed by atoms with Crippen LogP contribution >= 0.6 is 31.9 Å². The van der Waals surface area contributed by atoms with E-state index >= 15 is 0 Å². The fourth-order valence-corrected chi connectivity index (χ4v) is 4.54. The number of esters is 2. The maximum Gasteiger partial charge on any atom is 0.416 e. The van der Waals surface area contributed by atoms with Gasteiger partial charge >= 0.3 is 18.0 Å². The molecule has 0 spiro atoms. The smallest absolute Gasteiger partial charge is 0.416 e. The van der Waals surface area contributed by atoms with E-state index in [1.54, 1.807) is 44.0 Å². The number of fused-ring (bicyclic) bond motifs is 2. The number of nitrogens with zero attached hydrogens (tertiary/aromatic N) is 5. The zero-order chi connectivity index (χ0) is 25.9. The SMILES string of the molecule is CCOC(=O)c1c(Br)nn2c1N(C(=O)OC(C)(C)C)CC2.CCOC(=O)c1c(Br)nn2c1NCC2. The fourth-order valence-electron chi connectivity index (χ4n) is 3.47. The second-order valence-electron chi connectivity index (χ2n) is 8.45. The first-order valence-corrected chi connectivity index (χ1v) is 12.7. The summed E-state index contributed by atoms with van der Waals surface area (Å²) in [4.78, 5) is 37.3. The molecule has 0 aromatic carbocycles. The molecular weight excluding hydrogens is 592 g/mol. The third kappa shape index (κ3) is 5.97. The van der Waals surface area contributed by atoms with Crippen LogP contribution in [0.1, 0.15) is 55.3 Å². The summed E-state index contributed by atoms with van der Waals surface area (Å²) in [5.41, 5.74) is 0.135. The number of ether oxygens (including phenoxy) is 3. The van der Waals surface area contributed by atoms with Gasteiger partial charge in [0.1, 0.15) is 31.8 Å². The molecule has 2 aromatic rings. The van der Waals surface area contributed by atoms with E-state index in [0.29, 0.717) is 40.3 Å². The molecule has 0 radical (unpaired) electrons. The Morgan fingerprint density at radius 2 is 1.49 bits per heavy atom. The van der Waals surface area contributed by atoms with Crippen molar-refractivity contribution in [3.05, 3.63) is 20.3 Å². The summed E-state index contributed by atoms with van der Waals surface area (Å²) in [5, 5.41) is 11.5. The summed E-state index contributed by atoms with van der Waals surface area (Å²) in [6, 6.07) is 0. The minimum absolute atomic E-state index is 0.250. The molecule has 0 atom stereocenters. The Bertz CT molecular complexity index is 1120. The van der Waals surface area contributed by atoms with E-state index in [1.165, 1.54) is 4.90 Å². The highest BCUT2D eigenvalue weighted by Crippen LogP contribution is 2.33. The van der Waals surface area contributed by atoms with Crippen molar-refractivity contribution in [1.29, 1.82) is 0 Å². The molecule has 12 nitrogen and oxygen atoms in total. The normalized spacial score (nSPS) is 13.9. The van der Waals surface area contributed by atoms with Crippen molar-refractivity contribution in [1.82, 2.24) is 19.6 Å². The van der Waals surface area contributed by atoms with Gasteiger partial charge in [-0.15, -0.1) is 0 Å². The van der Waals surface area contributed by atoms with Gasteiger partial charge in [-0.25, -0.2) is 23.7 Å². The van der Waals surface area contributed by atoms with Crippen molar-refractivity contribution < 1.29 is 28.6 Å². The molecule has 1 N–H and O–H groups in total. The summed E-state index contributed by atoms with van der Waals surface area (Å²) in [6.07, 6.45) is -0.501. The van der Waals surface area contributed by atoms with Crippen molar-refractivity contribution in [2.24, 2.45) is 0 Å². The van der Waals surface area contributed by atoms with Gasteiger partial charge in [-0.2, -0.15) is 10.2 Å². The number of carbonyl (C=O) groups is 3. The average Bonchev–Trinajstić information content (AvgIpc) is 3.47. The van der Waals surface area contributed by atoms with Crippen LogP contribution in [-0.4, -0.2) is 69.5 Å². The lowest BCUT2D eigenvalue weighted by Crippen LogP contribution is -2.36. The van der Waals surface area contributed by atoms with Gasteiger partial charge in [0, 0.05) is 6.54 Å². The number of rotatable bonds is 4. The zero-order valence-corrected chi connectivity index (χ0v) is 23.4. The molecular formula is C21H28Br2N6O6. The Kier molecular flexibility index (Phi) is 8.46. The van der Waals surface area contributed by atoms with Gasteiger partial charge in [0.05, 0.1) is 32.8 Å². The molecule has 1 amide bonds. The molecule has 2 aliphatic rings. The summed E-state index contributed by atoms with van der Waals surface area (Å²) in [5.74, 6) is 0.306. The van der Waals surface area contributed by atoms with E-state index in [0.717, 1.165) is 18.9 Å². The van der Waals surface area contributed by atoms with Crippen molar-refractivity contribution in [3.63, 3.8) is 0 Å². The highest BCUT2D eigenvalue weighted by atomic mass is 79.9. The van der Waals surface area contributed by atoms with E-state index in [4.69, 9.17) is 14.2 Å². The van der Waals surface area contributed by atoms with Crippen LogP contribution in [0.3, 0.4) is 0 Å². The Morgan fingerprint density at radius 1 is 0.914 bits per heavy atom. The maximum absolute atomic E-state index is 12.3. The van der Waals surface area contributed by atoms with Crippen LogP contribution in [-0.2, 0) is 27.3 Å².